The molecule has 1 amide bonds. The molecule has 2 aromatic rings. The standard InChI is InChI=1S/C27H34Cl2N4O2/c1-19(34)21-13-12-20(30-25(21)31-26(35)27(2,3)4)9-6-5-7-14-32-15-17-33(18-16-32)23-11-8-10-22(28)24(23)29/h6,8-13H,5,7,14-18H2,1-4H3,(H,30,31,35)/b9-6+. The number of halogens is 2. The van der Waals surface area contributed by atoms with E-state index in [2.05, 4.69) is 26.2 Å². The molecule has 1 aliphatic rings. The van der Waals surface area contributed by atoms with Gasteiger partial charge in [-0.1, -0.05) is 56.1 Å². The SMILES string of the molecule is CC(=O)c1ccc(/C=C/CCCN2CCN(c3cccc(Cl)c3Cl)CC2)nc1NC(=O)C(C)(C)C. The summed E-state index contributed by atoms with van der Waals surface area (Å²) in [4.78, 5) is 33.6. The van der Waals surface area contributed by atoms with Crippen LogP contribution in [-0.2, 0) is 4.79 Å². The van der Waals surface area contributed by atoms with Crippen molar-refractivity contribution in [1.29, 1.82) is 0 Å². The Balaban J connectivity index is 1.49. The molecule has 188 valence electrons. The quantitative estimate of drug-likeness (QED) is 0.334. The van der Waals surface area contributed by atoms with Crippen molar-refractivity contribution >= 4 is 52.5 Å². The van der Waals surface area contributed by atoms with E-state index >= 15 is 0 Å². The number of Topliss-reactive ketones (excluding diaryl/α,β-unsaturated/α-hetero) is 1. The third kappa shape index (κ3) is 7.53. The Morgan fingerprint density at radius 3 is 2.46 bits per heavy atom. The van der Waals surface area contributed by atoms with Gasteiger partial charge >= 0.3 is 0 Å². The maximum Gasteiger partial charge on any atom is 0.230 e. The predicted octanol–water partition coefficient (Wildman–Crippen LogP) is 6.19. The number of hydrogen-bond donors (Lipinski definition) is 1. The second-order valence-electron chi connectivity index (χ2n) is 9.84. The van der Waals surface area contributed by atoms with Gasteiger partial charge in [0.25, 0.3) is 0 Å². The van der Waals surface area contributed by atoms with Crippen molar-refractivity contribution in [3.05, 3.63) is 57.7 Å². The van der Waals surface area contributed by atoms with Gasteiger partial charge < -0.3 is 10.2 Å². The van der Waals surface area contributed by atoms with Crippen LogP contribution in [0.3, 0.4) is 0 Å². The van der Waals surface area contributed by atoms with Crippen LogP contribution < -0.4 is 10.2 Å². The summed E-state index contributed by atoms with van der Waals surface area (Å²) in [5.41, 5.74) is 1.56. The van der Waals surface area contributed by atoms with E-state index < -0.39 is 5.41 Å². The summed E-state index contributed by atoms with van der Waals surface area (Å²) in [7, 11) is 0. The van der Waals surface area contributed by atoms with Crippen LogP contribution in [-0.4, -0.2) is 54.3 Å². The zero-order valence-corrected chi connectivity index (χ0v) is 22.4. The third-order valence-corrected chi connectivity index (χ3v) is 6.80. The molecule has 1 aromatic carbocycles. The van der Waals surface area contributed by atoms with Crippen molar-refractivity contribution in [2.45, 2.75) is 40.5 Å². The van der Waals surface area contributed by atoms with E-state index in [1.54, 1.807) is 12.1 Å². The van der Waals surface area contributed by atoms with Crippen LogP contribution in [0.1, 0.15) is 56.6 Å². The summed E-state index contributed by atoms with van der Waals surface area (Å²) in [5, 5.41) is 4.02. The molecule has 8 heteroatoms. The number of unbranched alkanes of at least 4 members (excludes halogenated alkanes) is 1. The van der Waals surface area contributed by atoms with Gasteiger partial charge in [-0.05, 0) is 56.7 Å². The first-order chi connectivity index (χ1) is 16.6. The number of piperazine rings is 1. The average Bonchev–Trinajstić information content (AvgIpc) is 2.80. The fourth-order valence-corrected chi connectivity index (χ4v) is 4.24. The van der Waals surface area contributed by atoms with Gasteiger partial charge in [-0.2, -0.15) is 0 Å². The molecule has 0 saturated carbocycles. The zero-order valence-electron chi connectivity index (χ0n) is 20.9. The van der Waals surface area contributed by atoms with Crippen LogP contribution in [0, 0.1) is 5.41 Å². The number of allylic oxidation sites excluding steroid dienone is 1. The van der Waals surface area contributed by atoms with E-state index in [4.69, 9.17) is 23.2 Å². The van der Waals surface area contributed by atoms with Crippen LogP contribution in [0.4, 0.5) is 11.5 Å². The topological polar surface area (TPSA) is 65.5 Å². The molecule has 0 radical (unpaired) electrons. The van der Waals surface area contributed by atoms with Gasteiger partial charge in [-0.3, -0.25) is 14.5 Å². The number of nitrogens with one attached hydrogen (secondary N) is 1. The van der Waals surface area contributed by atoms with Crippen molar-refractivity contribution in [3.63, 3.8) is 0 Å². The molecule has 2 heterocycles. The van der Waals surface area contributed by atoms with Crippen LogP contribution in [0.5, 0.6) is 0 Å². The highest BCUT2D eigenvalue weighted by Gasteiger charge is 2.23. The van der Waals surface area contributed by atoms with Crippen molar-refractivity contribution in [2.75, 3.05) is 42.9 Å². The Hall–Kier alpha value is -2.41. The first-order valence-corrected chi connectivity index (χ1v) is 12.7. The van der Waals surface area contributed by atoms with Gasteiger partial charge in [0.05, 0.1) is 27.0 Å². The summed E-state index contributed by atoms with van der Waals surface area (Å²) in [6.07, 6.45) is 5.98. The number of aromatic nitrogens is 1. The highest BCUT2D eigenvalue weighted by atomic mass is 35.5. The number of hydrogen-bond acceptors (Lipinski definition) is 5. The maximum absolute atomic E-state index is 12.4. The van der Waals surface area contributed by atoms with Gasteiger partial charge in [0.15, 0.2) is 5.78 Å². The fourth-order valence-electron chi connectivity index (χ4n) is 3.83. The molecule has 1 saturated heterocycles. The minimum atomic E-state index is -0.576. The molecular weight excluding hydrogens is 483 g/mol. The van der Waals surface area contributed by atoms with E-state index in [9.17, 15) is 9.59 Å². The van der Waals surface area contributed by atoms with Crippen molar-refractivity contribution in [2.24, 2.45) is 5.41 Å². The second kappa shape index (κ2) is 12.0. The molecule has 6 nitrogen and oxygen atoms in total. The van der Waals surface area contributed by atoms with Gasteiger partial charge in [0, 0.05) is 31.6 Å². The van der Waals surface area contributed by atoms with Gasteiger partial charge in [0.2, 0.25) is 5.91 Å². The van der Waals surface area contributed by atoms with Crippen LogP contribution in [0.15, 0.2) is 36.4 Å². The number of benzene rings is 1. The van der Waals surface area contributed by atoms with Gasteiger partial charge in [-0.25, -0.2) is 4.98 Å². The van der Waals surface area contributed by atoms with E-state index in [-0.39, 0.29) is 11.7 Å². The summed E-state index contributed by atoms with van der Waals surface area (Å²) in [6.45, 7) is 11.8. The Bertz CT molecular complexity index is 1090. The lowest BCUT2D eigenvalue weighted by molar-refractivity contribution is -0.123. The Morgan fingerprint density at radius 2 is 1.80 bits per heavy atom. The molecule has 35 heavy (non-hydrogen) atoms. The predicted molar refractivity (Wildman–Crippen MR) is 146 cm³/mol. The molecule has 1 aliphatic heterocycles. The summed E-state index contributed by atoms with van der Waals surface area (Å²) in [6, 6.07) is 9.30. The second-order valence-corrected chi connectivity index (χ2v) is 10.6. The summed E-state index contributed by atoms with van der Waals surface area (Å²) >= 11 is 12.5. The normalized spacial score (nSPS) is 15.0. The largest absolute Gasteiger partial charge is 0.368 e. The highest BCUT2D eigenvalue weighted by Crippen LogP contribution is 2.32. The number of carbonyl (C=O) groups excluding carboxylic acids is 2. The number of ketones is 1. The van der Waals surface area contributed by atoms with E-state index in [0.29, 0.717) is 27.1 Å². The van der Waals surface area contributed by atoms with Gasteiger partial charge in [0.1, 0.15) is 5.82 Å². The Labute approximate surface area is 218 Å². The van der Waals surface area contributed by atoms with Crippen LogP contribution >= 0.6 is 23.2 Å². The molecule has 0 atom stereocenters. The monoisotopic (exact) mass is 516 g/mol. The molecule has 1 aromatic heterocycles. The molecule has 0 bridgehead atoms. The summed E-state index contributed by atoms with van der Waals surface area (Å²) in [5.74, 6) is 0.0126. The molecule has 0 aliphatic carbocycles. The first kappa shape index (κ1) is 27.2. The Kier molecular flexibility index (Phi) is 9.34. The number of pyridine rings is 1. The van der Waals surface area contributed by atoms with Crippen molar-refractivity contribution < 1.29 is 9.59 Å². The van der Waals surface area contributed by atoms with Crippen molar-refractivity contribution in [3.8, 4) is 0 Å². The molecule has 0 unspecified atom stereocenters. The van der Waals surface area contributed by atoms with E-state index in [0.717, 1.165) is 51.3 Å². The lowest BCUT2D eigenvalue weighted by atomic mass is 9.95. The third-order valence-electron chi connectivity index (χ3n) is 5.99. The molecular formula is C27H34Cl2N4O2. The zero-order chi connectivity index (χ0) is 25.6. The number of anilines is 2. The van der Waals surface area contributed by atoms with Crippen LogP contribution in [0.2, 0.25) is 10.0 Å². The van der Waals surface area contributed by atoms with Gasteiger partial charge in [-0.15, -0.1) is 0 Å². The molecule has 1 fully saturated rings. The number of nitrogens with zero attached hydrogens (tertiary/aromatic N) is 3. The first-order valence-electron chi connectivity index (χ1n) is 12.0. The lowest BCUT2D eigenvalue weighted by Crippen LogP contribution is -2.46. The number of carbonyl (C=O) groups is 2. The number of rotatable bonds is 8. The fraction of sp³-hybridized carbons (Fsp3) is 0.444. The smallest absolute Gasteiger partial charge is 0.230 e. The van der Waals surface area contributed by atoms with Crippen LogP contribution in [0.25, 0.3) is 6.08 Å². The maximum atomic E-state index is 12.4. The molecule has 0 spiro atoms. The lowest BCUT2D eigenvalue weighted by Gasteiger charge is -2.36. The van der Waals surface area contributed by atoms with E-state index in [1.165, 1.54) is 6.92 Å². The van der Waals surface area contributed by atoms with Crippen molar-refractivity contribution in [1.82, 2.24) is 9.88 Å². The summed E-state index contributed by atoms with van der Waals surface area (Å²) < 4.78 is 0. The Morgan fingerprint density at radius 1 is 1.09 bits per heavy atom. The minimum Gasteiger partial charge on any atom is -0.368 e. The molecule has 3 rings (SSSR count). The van der Waals surface area contributed by atoms with E-state index in [1.807, 2.05) is 45.0 Å². The highest BCUT2D eigenvalue weighted by molar-refractivity contribution is 6.43. The number of amides is 1. The molecule has 1 N–H and O–H groups in total. The average molecular weight is 518 g/mol. The minimum absolute atomic E-state index is 0.130.